The molecule has 3 amide bonds. The van der Waals surface area contributed by atoms with E-state index in [9.17, 15) is 14.4 Å². The van der Waals surface area contributed by atoms with E-state index in [-0.39, 0.29) is 17.4 Å². The molecule has 1 aromatic heterocycles. The number of nitrogens with one attached hydrogen (secondary N) is 3. The highest BCUT2D eigenvalue weighted by molar-refractivity contribution is 8.00. The van der Waals surface area contributed by atoms with E-state index in [1.165, 1.54) is 43.4 Å². The minimum Gasteiger partial charge on any atom is -0.494 e. The lowest BCUT2D eigenvalue weighted by Crippen LogP contribution is -2.30. The molecule has 4 aromatic carbocycles. The number of amides is 3. The van der Waals surface area contributed by atoms with E-state index in [1.807, 2.05) is 42.6 Å². The van der Waals surface area contributed by atoms with Crippen molar-refractivity contribution in [2.24, 2.45) is 0 Å². The third-order valence-corrected chi connectivity index (χ3v) is 8.69. The molecule has 49 heavy (non-hydrogen) atoms. The number of rotatable bonds is 14. The first-order valence-electron chi connectivity index (χ1n) is 15.2. The maximum atomic E-state index is 13.6. The number of thioether (sulfide) groups is 1. The van der Waals surface area contributed by atoms with Crippen LogP contribution in [0.4, 0.5) is 10.8 Å². The molecule has 3 N–H and O–H groups in total. The average Bonchev–Trinajstić information content (AvgIpc) is 3.59. The summed E-state index contributed by atoms with van der Waals surface area (Å²) in [7, 11) is 3.02. The lowest BCUT2D eigenvalue weighted by atomic mass is 10.1. The number of ether oxygens (including phenoxy) is 3. The molecular formula is C37H34N4O6S2. The lowest BCUT2D eigenvalue weighted by Gasteiger charge is -2.14. The number of aromatic nitrogens is 1. The summed E-state index contributed by atoms with van der Waals surface area (Å²) in [6.07, 6.45) is 1.53. The number of para-hydroxylation sites is 1. The van der Waals surface area contributed by atoms with Gasteiger partial charge in [-0.15, -0.1) is 23.1 Å². The normalized spacial score (nSPS) is 11.0. The van der Waals surface area contributed by atoms with E-state index in [1.54, 1.807) is 66.7 Å². The van der Waals surface area contributed by atoms with Gasteiger partial charge in [0.2, 0.25) is 5.91 Å². The standard InChI is InChI=1S/C37H34N4O6S2/c1-4-47-28-18-16-24(17-19-28)31-22-49-37(40-31)41-33(42)23-48-29-14-9-13-27(21-29)38-36(44)30(39-35(43)25-10-6-5-7-11-25)20-26-12-8-15-32(45-2)34(26)46-3/h5-22H,4,23H2,1-3H3,(H,38,44)(H,39,43)(H,40,41,42)/b30-20+. The molecule has 0 radical (unpaired) electrons. The van der Waals surface area contributed by atoms with Crippen LogP contribution in [0.15, 0.2) is 113 Å². The van der Waals surface area contributed by atoms with Gasteiger partial charge in [0.1, 0.15) is 11.4 Å². The Morgan fingerprint density at radius 3 is 2.39 bits per heavy atom. The summed E-state index contributed by atoms with van der Waals surface area (Å²) < 4.78 is 16.4. The van der Waals surface area contributed by atoms with Crippen LogP contribution in [0.5, 0.6) is 17.2 Å². The number of anilines is 2. The average molecular weight is 695 g/mol. The van der Waals surface area contributed by atoms with Gasteiger partial charge in [0.25, 0.3) is 11.8 Å². The predicted molar refractivity (Wildman–Crippen MR) is 195 cm³/mol. The van der Waals surface area contributed by atoms with Gasteiger partial charge in [-0.2, -0.15) is 0 Å². The van der Waals surface area contributed by atoms with Crippen molar-refractivity contribution < 1.29 is 28.6 Å². The molecule has 0 saturated heterocycles. The molecule has 0 fully saturated rings. The van der Waals surface area contributed by atoms with Crippen molar-refractivity contribution in [3.8, 4) is 28.5 Å². The fraction of sp³-hybridized carbons (Fsp3) is 0.135. The van der Waals surface area contributed by atoms with Crippen LogP contribution in [-0.2, 0) is 9.59 Å². The van der Waals surface area contributed by atoms with E-state index in [0.717, 1.165) is 21.9 Å². The fourth-order valence-corrected chi connectivity index (χ4v) is 6.13. The molecule has 10 nitrogen and oxygen atoms in total. The Bertz CT molecular complexity index is 1940. The van der Waals surface area contributed by atoms with Gasteiger partial charge in [0.05, 0.1) is 32.3 Å². The molecule has 0 aliphatic carbocycles. The first-order chi connectivity index (χ1) is 23.9. The topological polar surface area (TPSA) is 128 Å². The number of methoxy groups -OCH3 is 2. The molecule has 5 aromatic rings. The molecule has 0 bridgehead atoms. The Morgan fingerprint density at radius 2 is 1.65 bits per heavy atom. The van der Waals surface area contributed by atoms with Crippen molar-refractivity contribution in [3.63, 3.8) is 0 Å². The molecule has 0 atom stereocenters. The first-order valence-corrected chi connectivity index (χ1v) is 17.0. The molecule has 0 spiro atoms. The second kappa shape index (κ2) is 17.0. The van der Waals surface area contributed by atoms with Gasteiger partial charge in [-0.25, -0.2) is 4.98 Å². The van der Waals surface area contributed by atoms with Crippen molar-refractivity contribution in [1.82, 2.24) is 10.3 Å². The number of thiazole rings is 1. The summed E-state index contributed by atoms with van der Waals surface area (Å²) in [5, 5.41) is 10.8. The Hall–Kier alpha value is -5.59. The zero-order chi connectivity index (χ0) is 34.6. The van der Waals surface area contributed by atoms with E-state index in [4.69, 9.17) is 14.2 Å². The SMILES string of the molecule is CCOc1ccc(-c2csc(NC(=O)CSc3cccc(NC(=O)/C(=C\c4cccc(OC)c4OC)NC(=O)c4ccccc4)c3)n2)cc1. The second-order valence-corrected chi connectivity index (χ2v) is 12.2. The van der Waals surface area contributed by atoms with E-state index in [0.29, 0.717) is 40.1 Å². The largest absolute Gasteiger partial charge is 0.494 e. The number of nitrogens with zero attached hydrogens (tertiary/aromatic N) is 1. The number of carbonyl (C=O) groups excluding carboxylic acids is 3. The van der Waals surface area contributed by atoms with Crippen LogP contribution in [-0.4, -0.2) is 49.3 Å². The van der Waals surface area contributed by atoms with Gasteiger partial charge in [-0.3, -0.25) is 14.4 Å². The Labute approximate surface area is 292 Å². The molecule has 12 heteroatoms. The monoisotopic (exact) mass is 694 g/mol. The molecule has 0 aliphatic rings. The van der Waals surface area contributed by atoms with E-state index >= 15 is 0 Å². The van der Waals surface area contributed by atoms with Crippen LogP contribution < -0.4 is 30.2 Å². The van der Waals surface area contributed by atoms with Crippen LogP contribution in [0.2, 0.25) is 0 Å². The molecule has 5 rings (SSSR count). The van der Waals surface area contributed by atoms with Crippen molar-refractivity contribution in [2.45, 2.75) is 11.8 Å². The van der Waals surface area contributed by atoms with Crippen molar-refractivity contribution in [3.05, 3.63) is 119 Å². The summed E-state index contributed by atoms with van der Waals surface area (Å²) >= 11 is 2.66. The zero-order valence-electron chi connectivity index (χ0n) is 27.0. The van der Waals surface area contributed by atoms with Crippen LogP contribution in [0.1, 0.15) is 22.8 Å². The molecule has 250 valence electrons. The second-order valence-electron chi connectivity index (χ2n) is 10.3. The number of hydrogen-bond donors (Lipinski definition) is 3. The Balaban J connectivity index is 1.25. The quantitative estimate of drug-likeness (QED) is 0.0813. The molecule has 0 unspecified atom stereocenters. The Morgan fingerprint density at radius 1 is 0.878 bits per heavy atom. The highest BCUT2D eigenvalue weighted by Crippen LogP contribution is 2.32. The van der Waals surface area contributed by atoms with Gasteiger partial charge in [0, 0.05) is 32.7 Å². The van der Waals surface area contributed by atoms with Crippen LogP contribution in [0, 0.1) is 0 Å². The lowest BCUT2D eigenvalue weighted by molar-refractivity contribution is -0.114. The van der Waals surface area contributed by atoms with Crippen molar-refractivity contribution >= 4 is 57.7 Å². The fourth-order valence-electron chi connectivity index (χ4n) is 4.64. The van der Waals surface area contributed by atoms with Gasteiger partial charge < -0.3 is 30.2 Å². The minimum atomic E-state index is -0.554. The number of carbonyl (C=O) groups is 3. The van der Waals surface area contributed by atoms with Gasteiger partial charge in [-0.1, -0.05) is 36.4 Å². The summed E-state index contributed by atoms with van der Waals surface area (Å²) in [6.45, 7) is 2.53. The maximum absolute atomic E-state index is 13.6. The highest BCUT2D eigenvalue weighted by atomic mass is 32.2. The van der Waals surface area contributed by atoms with Gasteiger partial charge in [-0.05, 0) is 73.7 Å². The summed E-state index contributed by atoms with van der Waals surface area (Å²) in [6, 6.07) is 28.6. The number of benzene rings is 4. The smallest absolute Gasteiger partial charge is 0.272 e. The van der Waals surface area contributed by atoms with Crippen molar-refractivity contribution in [1.29, 1.82) is 0 Å². The maximum Gasteiger partial charge on any atom is 0.272 e. The van der Waals surface area contributed by atoms with Crippen LogP contribution in [0.3, 0.4) is 0 Å². The van der Waals surface area contributed by atoms with E-state index in [2.05, 4.69) is 20.9 Å². The third kappa shape index (κ3) is 9.49. The summed E-state index contributed by atoms with van der Waals surface area (Å²) in [5.74, 6) is 0.577. The molecule has 0 aliphatic heterocycles. The van der Waals surface area contributed by atoms with Crippen LogP contribution in [0.25, 0.3) is 17.3 Å². The first kappa shape index (κ1) is 34.7. The minimum absolute atomic E-state index is 0.00843. The van der Waals surface area contributed by atoms with E-state index < -0.39 is 11.8 Å². The Kier molecular flexibility index (Phi) is 12.0. The number of hydrogen-bond acceptors (Lipinski definition) is 9. The van der Waals surface area contributed by atoms with Crippen LogP contribution >= 0.6 is 23.1 Å². The summed E-state index contributed by atoms with van der Waals surface area (Å²) in [4.78, 5) is 44.8. The molecular weight excluding hydrogens is 661 g/mol. The van der Waals surface area contributed by atoms with Gasteiger partial charge >= 0.3 is 0 Å². The summed E-state index contributed by atoms with van der Waals surface area (Å²) in [5.41, 5.74) is 3.08. The predicted octanol–water partition coefficient (Wildman–Crippen LogP) is 7.37. The molecule has 1 heterocycles. The molecule has 0 saturated carbocycles. The third-order valence-electron chi connectivity index (χ3n) is 6.94. The highest BCUT2D eigenvalue weighted by Gasteiger charge is 2.18. The van der Waals surface area contributed by atoms with Crippen molar-refractivity contribution in [2.75, 3.05) is 37.2 Å². The van der Waals surface area contributed by atoms with Gasteiger partial charge in [0.15, 0.2) is 16.6 Å². The zero-order valence-corrected chi connectivity index (χ0v) is 28.7.